The second-order valence-corrected chi connectivity index (χ2v) is 6.63. The highest BCUT2D eigenvalue weighted by Gasteiger charge is 2.25. The Bertz CT molecular complexity index is 1110. The van der Waals surface area contributed by atoms with Crippen molar-refractivity contribution in [2.45, 2.75) is 0 Å². The molecule has 1 heterocycles. The van der Waals surface area contributed by atoms with Gasteiger partial charge in [0.2, 0.25) is 0 Å². The van der Waals surface area contributed by atoms with Crippen LogP contribution in [-0.4, -0.2) is 32.6 Å². The molecule has 2 amide bonds. The predicted octanol–water partition coefficient (Wildman–Crippen LogP) is 4.10. The average molecular weight is 404 g/mol. The summed E-state index contributed by atoms with van der Waals surface area (Å²) in [6.07, 6.45) is 0. The van der Waals surface area contributed by atoms with E-state index in [0.29, 0.717) is 39.9 Å². The number of hydrogen-bond acceptors (Lipinski definition) is 5. The maximum atomic E-state index is 12.9. The van der Waals surface area contributed by atoms with Gasteiger partial charge >= 0.3 is 0 Å². The van der Waals surface area contributed by atoms with Gasteiger partial charge in [0.1, 0.15) is 5.75 Å². The highest BCUT2D eigenvalue weighted by Crippen LogP contribution is 2.38. The summed E-state index contributed by atoms with van der Waals surface area (Å²) in [6.45, 7) is -0.201. The third-order valence-electron chi connectivity index (χ3n) is 4.67. The molecule has 1 N–H and O–H groups in total. The van der Waals surface area contributed by atoms with Gasteiger partial charge < -0.3 is 24.4 Å². The van der Waals surface area contributed by atoms with E-state index in [1.54, 1.807) is 49.5 Å². The van der Waals surface area contributed by atoms with Gasteiger partial charge in [-0.25, -0.2) is 0 Å². The fourth-order valence-electron chi connectivity index (χ4n) is 3.17. The van der Waals surface area contributed by atoms with Gasteiger partial charge in [-0.3, -0.25) is 9.59 Å². The van der Waals surface area contributed by atoms with Gasteiger partial charge in [-0.05, 0) is 42.5 Å². The lowest BCUT2D eigenvalue weighted by molar-refractivity contribution is -0.118. The fraction of sp³-hybridized carbons (Fsp3) is 0.130. The van der Waals surface area contributed by atoms with Gasteiger partial charge in [0.15, 0.2) is 23.9 Å². The molecule has 0 saturated heterocycles. The van der Waals surface area contributed by atoms with Crippen molar-refractivity contribution in [3.05, 3.63) is 72.3 Å². The van der Waals surface area contributed by atoms with E-state index in [9.17, 15) is 9.59 Å². The van der Waals surface area contributed by atoms with E-state index in [1.807, 2.05) is 24.3 Å². The summed E-state index contributed by atoms with van der Waals surface area (Å²) in [5.41, 5.74) is 1.50. The highest BCUT2D eigenvalue weighted by atomic mass is 16.5. The Kier molecular flexibility index (Phi) is 5.26. The molecule has 7 heteroatoms. The smallest absolute Gasteiger partial charge is 0.262 e. The molecule has 0 saturated carbocycles. The number of fused-ring (bicyclic) bond motifs is 2. The molecule has 0 unspecified atom stereocenters. The van der Waals surface area contributed by atoms with Gasteiger partial charge in [0, 0.05) is 12.7 Å². The molecule has 0 bridgehead atoms. The molecule has 0 fully saturated rings. The molecule has 0 aliphatic carbocycles. The number of methoxy groups -OCH3 is 1. The lowest BCUT2D eigenvalue weighted by atomic mass is 10.1. The van der Waals surface area contributed by atoms with E-state index >= 15 is 0 Å². The molecule has 30 heavy (non-hydrogen) atoms. The van der Waals surface area contributed by atoms with Crippen LogP contribution in [0.3, 0.4) is 0 Å². The number of carbonyl (C=O) groups is 2. The fourth-order valence-corrected chi connectivity index (χ4v) is 3.17. The van der Waals surface area contributed by atoms with Gasteiger partial charge in [0.25, 0.3) is 11.8 Å². The van der Waals surface area contributed by atoms with Crippen LogP contribution in [0.2, 0.25) is 0 Å². The van der Waals surface area contributed by atoms with Gasteiger partial charge in [0.05, 0.1) is 18.4 Å². The molecule has 1 aliphatic rings. The quantitative estimate of drug-likeness (QED) is 0.693. The number of anilines is 2. The Morgan fingerprint density at radius 2 is 1.73 bits per heavy atom. The molecule has 0 aromatic heterocycles. The van der Waals surface area contributed by atoms with Gasteiger partial charge in [-0.15, -0.1) is 0 Å². The second-order valence-electron chi connectivity index (χ2n) is 6.63. The monoisotopic (exact) mass is 404 g/mol. The molecule has 0 spiro atoms. The summed E-state index contributed by atoms with van der Waals surface area (Å²) in [6, 6.07) is 19.3. The first-order valence-electron chi connectivity index (χ1n) is 9.31. The molecule has 7 nitrogen and oxygen atoms in total. The summed E-state index contributed by atoms with van der Waals surface area (Å²) in [4.78, 5) is 26.8. The van der Waals surface area contributed by atoms with Crippen LogP contribution in [0.5, 0.6) is 23.0 Å². The van der Waals surface area contributed by atoms with Crippen LogP contribution in [0.4, 0.5) is 11.4 Å². The number of benzene rings is 3. The minimum atomic E-state index is -0.362. The lowest BCUT2D eigenvalue weighted by Crippen LogP contribution is -2.25. The first-order valence-corrected chi connectivity index (χ1v) is 9.31. The molecular weight excluding hydrogens is 384 g/mol. The Hall–Kier alpha value is -4.00. The van der Waals surface area contributed by atoms with Crippen LogP contribution in [-0.2, 0) is 4.79 Å². The molecular formula is C23H20N2O5. The zero-order chi connectivity index (χ0) is 21.1. The third-order valence-corrected chi connectivity index (χ3v) is 4.67. The van der Waals surface area contributed by atoms with Crippen LogP contribution >= 0.6 is 0 Å². The van der Waals surface area contributed by atoms with E-state index in [-0.39, 0.29) is 18.4 Å². The summed E-state index contributed by atoms with van der Waals surface area (Å²) in [5.74, 6) is 1.45. The standard InChI is InChI=1S/C23H20N2O5/c1-25-17-7-3-4-8-19(17)30-18-12-11-15(13-16(18)23(25)27)24-22(26)14-29-21-10-6-5-9-20(21)28-2/h3-13H,14H2,1-2H3,(H,24,26). The minimum Gasteiger partial charge on any atom is -0.493 e. The number of rotatable bonds is 5. The maximum Gasteiger partial charge on any atom is 0.262 e. The summed E-state index contributed by atoms with van der Waals surface area (Å²) >= 11 is 0. The lowest BCUT2D eigenvalue weighted by Gasteiger charge is -2.16. The predicted molar refractivity (Wildman–Crippen MR) is 113 cm³/mol. The van der Waals surface area contributed by atoms with Crippen LogP contribution < -0.4 is 24.4 Å². The van der Waals surface area contributed by atoms with Crippen molar-refractivity contribution in [1.29, 1.82) is 0 Å². The highest BCUT2D eigenvalue weighted by molar-refractivity contribution is 6.10. The Balaban J connectivity index is 1.49. The zero-order valence-electron chi connectivity index (χ0n) is 16.5. The third kappa shape index (κ3) is 3.77. The molecule has 3 aromatic carbocycles. The Morgan fingerprint density at radius 1 is 1.00 bits per heavy atom. The minimum absolute atomic E-state index is 0.201. The molecule has 1 aliphatic heterocycles. The van der Waals surface area contributed by atoms with Crippen molar-refractivity contribution in [2.75, 3.05) is 31.0 Å². The van der Waals surface area contributed by atoms with E-state index in [4.69, 9.17) is 14.2 Å². The van der Waals surface area contributed by atoms with Crippen LogP contribution in [0.15, 0.2) is 66.7 Å². The van der Waals surface area contributed by atoms with Crippen LogP contribution in [0.25, 0.3) is 0 Å². The number of amides is 2. The summed E-state index contributed by atoms with van der Waals surface area (Å²) < 4.78 is 16.7. The van der Waals surface area contributed by atoms with Crippen molar-refractivity contribution in [3.8, 4) is 23.0 Å². The van der Waals surface area contributed by atoms with Crippen LogP contribution in [0.1, 0.15) is 10.4 Å². The van der Waals surface area contributed by atoms with E-state index in [1.165, 1.54) is 12.0 Å². The average Bonchev–Trinajstić information content (AvgIpc) is 2.87. The van der Waals surface area contributed by atoms with Gasteiger partial charge in [-0.2, -0.15) is 0 Å². The van der Waals surface area contributed by atoms with E-state index in [0.717, 1.165) is 0 Å². The normalized spacial score (nSPS) is 12.2. The molecule has 4 rings (SSSR count). The number of para-hydroxylation sites is 4. The first kappa shape index (κ1) is 19.3. The van der Waals surface area contributed by atoms with Gasteiger partial charge in [-0.1, -0.05) is 24.3 Å². The number of hydrogen-bond donors (Lipinski definition) is 1. The zero-order valence-corrected chi connectivity index (χ0v) is 16.5. The first-order chi connectivity index (χ1) is 14.6. The van der Waals surface area contributed by atoms with Crippen molar-refractivity contribution < 1.29 is 23.8 Å². The Morgan fingerprint density at radius 3 is 2.53 bits per heavy atom. The van der Waals surface area contributed by atoms with Crippen molar-refractivity contribution in [2.24, 2.45) is 0 Å². The van der Waals surface area contributed by atoms with E-state index in [2.05, 4.69) is 5.32 Å². The molecule has 0 radical (unpaired) electrons. The molecule has 152 valence electrons. The SMILES string of the molecule is COc1ccccc1OCC(=O)Nc1ccc2c(c1)C(=O)N(C)c1ccccc1O2. The number of nitrogens with one attached hydrogen (secondary N) is 1. The number of ether oxygens (including phenoxy) is 3. The van der Waals surface area contributed by atoms with Crippen LogP contribution in [0, 0.1) is 0 Å². The maximum absolute atomic E-state index is 12.9. The van der Waals surface area contributed by atoms with Crippen molar-refractivity contribution in [3.63, 3.8) is 0 Å². The molecule has 3 aromatic rings. The van der Waals surface area contributed by atoms with Crippen molar-refractivity contribution in [1.82, 2.24) is 0 Å². The topological polar surface area (TPSA) is 77.1 Å². The second kappa shape index (κ2) is 8.16. The summed E-state index contributed by atoms with van der Waals surface area (Å²) in [7, 11) is 3.22. The van der Waals surface area contributed by atoms with E-state index < -0.39 is 0 Å². The largest absolute Gasteiger partial charge is 0.493 e. The number of carbonyl (C=O) groups excluding carboxylic acids is 2. The number of nitrogens with zero attached hydrogens (tertiary/aromatic N) is 1. The summed E-state index contributed by atoms with van der Waals surface area (Å²) in [5, 5.41) is 2.75. The molecule has 0 atom stereocenters. The Labute approximate surface area is 173 Å². The van der Waals surface area contributed by atoms with Crippen molar-refractivity contribution >= 4 is 23.2 Å².